The van der Waals surface area contributed by atoms with E-state index in [-0.39, 0.29) is 0 Å². The van der Waals surface area contributed by atoms with Crippen molar-refractivity contribution in [1.82, 2.24) is 0 Å². The van der Waals surface area contributed by atoms with E-state index in [2.05, 4.69) is 78.5 Å². The molecule has 22 heavy (non-hydrogen) atoms. The van der Waals surface area contributed by atoms with Gasteiger partial charge in [0.15, 0.2) is 0 Å². The molecular weight excluding hydrogens is 264 g/mol. The van der Waals surface area contributed by atoms with Gasteiger partial charge in [-0.3, -0.25) is 0 Å². The lowest BCUT2D eigenvalue weighted by Gasteiger charge is -2.16. The van der Waals surface area contributed by atoms with Gasteiger partial charge < -0.3 is 0 Å². The average molecular weight is 294 g/mol. The quantitative estimate of drug-likeness (QED) is 0.500. The van der Waals surface area contributed by atoms with Crippen molar-refractivity contribution in [2.45, 2.75) is 54.4 Å². The highest BCUT2D eigenvalue weighted by molar-refractivity contribution is 5.81. The Hall–Kier alpha value is -1.82. The molecule has 0 N–H and O–H groups in total. The van der Waals surface area contributed by atoms with Crippen LogP contribution < -0.4 is 0 Å². The molecule has 0 atom stereocenters. The van der Waals surface area contributed by atoms with Gasteiger partial charge in [-0.05, 0) is 74.0 Å². The van der Waals surface area contributed by atoms with Crippen LogP contribution in [0.5, 0.6) is 0 Å². The van der Waals surface area contributed by atoms with E-state index in [9.17, 15) is 0 Å². The molecule has 1 aromatic rings. The van der Waals surface area contributed by atoms with E-state index in [4.69, 9.17) is 0 Å². The summed E-state index contributed by atoms with van der Waals surface area (Å²) in [5, 5.41) is 0. The Kier molecular flexibility index (Phi) is 7.11. The third-order valence-electron chi connectivity index (χ3n) is 4.50. The minimum absolute atomic E-state index is 1.05. The van der Waals surface area contributed by atoms with Crippen LogP contribution in [0.15, 0.2) is 65.3 Å². The number of hydrogen-bond acceptors (Lipinski definition) is 0. The molecule has 0 spiro atoms. The monoisotopic (exact) mass is 294 g/mol. The molecule has 1 aromatic carbocycles. The number of allylic oxidation sites excluding steroid dienone is 7. The van der Waals surface area contributed by atoms with Gasteiger partial charge in [-0.1, -0.05) is 62.4 Å². The van der Waals surface area contributed by atoms with Gasteiger partial charge in [0.2, 0.25) is 0 Å². The fraction of sp³-hybridized carbons (Fsp3) is 0.364. The molecule has 0 nitrogen and oxygen atoms in total. The first-order valence-corrected chi connectivity index (χ1v) is 8.22. The van der Waals surface area contributed by atoms with Crippen molar-refractivity contribution in [3.8, 4) is 0 Å². The van der Waals surface area contributed by atoms with Gasteiger partial charge in [0.05, 0.1) is 0 Å². The van der Waals surface area contributed by atoms with Crippen LogP contribution in [0.3, 0.4) is 0 Å². The topological polar surface area (TPSA) is 0 Å². The lowest BCUT2D eigenvalue weighted by Crippen LogP contribution is -1.96. The average Bonchev–Trinajstić information content (AvgIpc) is 2.57. The first kappa shape index (κ1) is 18.2. The van der Waals surface area contributed by atoms with Gasteiger partial charge in [0, 0.05) is 0 Å². The minimum Gasteiger partial charge on any atom is -0.0988 e. The standard InChI is InChI=1S/C22H30/c1-8-16(4)15-22(19(7)18(6)17(5)9-2)21-14-12-11-13-20(21)10-3/h9,11-15H,2,8,10H2,1,3-7H3/b16-15-,18-17+,22-19+. The maximum atomic E-state index is 3.91. The second kappa shape index (κ2) is 8.58. The highest BCUT2D eigenvalue weighted by Crippen LogP contribution is 2.30. The fourth-order valence-corrected chi connectivity index (χ4v) is 2.48. The van der Waals surface area contributed by atoms with Crippen LogP contribution in [-0.2, 0) is 6.42 Å². The van der Waals surface area contributed by atoms with Crippen molar-refractivity contribution in [2.75, 3.05) is 0 Å². The van der Waals surface area contributed by atoms with E-state index in [1.54, 1.807) is 0 Å². The zero-order chi connectivity index (χ0) is 16.7. The van der Waals surface area contributed by atoms with Crippen molar-refractivity contribution in [1.29, 1.82) is 0 Å². The first-order valence-electron chi connectivity index (χ1n) is 8.22. The predicted molar refractivity (Wildman–Crippen MR) is 101 cm³/mol. The molecule has 0 fully saturated rings. The number of rotatable bonds is 6. The van der Waals surface area contributed by atoms with Crippen LogP contribution >= 0.6 is 0 Å². The summed E-state index contributed by atoms with van der Waals surface area (Å²) in [5.41, 5.74) is 9.40. The Balaban J connectivity index is 3.66. The molecule has 0 aliphatic heterocycles. The van der Waals surface area contributed by atoms with E-state index < -0.39 is 0 Å². The molecule has 0 radical (unpaired) electrons. The van der Waals surface area contributed by atoms with Gasteiger partial charge in [0.1, 0.15) is 0 Å². The number of hydrogen-bond donors (Lipinski definition) is 0. The lowest BCUT2D eigenvalue weighted by molar-refractivity contribution is 1.09. The zero-order valence-corrected chi connectivity index (χ0v) is 15.1. The van der Waals surface area contributed by atoms with E-state index >= 15 is 0 Å². The lowest BCUT2D eigenvalue weighted by atomic mass is 9.89. The molecule has 0 aromatic heterocycles. The summed E-state index contributed by atoms with van der Waals surface area (Å²) in [6.45, 7) is 17.1. The summed E-state index contributed by atoms with van der Waals surface area (Å²) >= 11 is 0. The zero-order valence-electron chi connectivity index (χ0n) is 15.1. The highest BCUT2D eigenvalue weighted by Gasteiger charge is 2.10. The molecule has 0 unspecified atom stereocenters. The maximum Gasteiger partial charge on any atom is -0.0149 e. The van der Waals surface area contributed by atoms with E-state index in [0.29, 0.717) is 0 Å². The van der Waals surface area contributed by atoms with Crippen LogP contribution in [-0.4, -0.2) is 0 Å². The Morgan fingerprint density at radius 2 is 1.64 bits per heavy atom. The van der Waals surface area contributed by atoms with Gasteiger partial charge in [-0.2, -0.15) is 0 Å². The molecule has 118 valence electrons. The van der Waals surface area contributed by atoms with Crippen LogP contribution in [0.25, 0.3) is 5.57 Å². The molecule has 0 heterocycles. The van der Waals surface area contributed by atoms with Gasteiger partial charge in [0.25, 0.3) is 0 Å². The maximum absolute atomic E-state index is 3.91. The Morgan fingerprint density at radius 3 is 2.18 bits per heavy atom. The summed E-state index contributed by atoms with van der Waals surface area (Å²) in [6, 6.07) is 8.74. The summed E-state index contributed by atoms with van der Waals surface area (Å²) in [5.74, 6) is 0. The molecule has 0 saturated heterocycles. The molecule has 1 rings (SSSR count). The Morgan fingerprint density at radius 1 is 1.00 bits per heavy atom. The number of benzene rings is 1. The van der Waals surface area contributed by atoms with Crippen molar-refractivity contribution in [3.05, 3.63) is 76.4 Å². The van der Waals surface area contributed by atoms with E-state index in [0.717, 1.165) is 12.8 Å². The van der Waals surface area contributed by atoms with Crippen molar-refractivity contribution >= 4 is 5.57 Å². The smallest absolute Gasteiger partial charge is 0.0149 e. The first-order chi connectivity index (χ1) is 10.5. The largest absolute Gasteiger partial charge is 0.0988 e. The van der Waals surface area contributed by atoms with Crippen molar-refractivity contribution in [2.24, 2.45) is 0 Å². The minimum atomic E-state index is 1.05. The van der Waals surface area contributed by atoms with E-state index in [1.165, 1.54) is 39.0 Å². The Bertz CT molecular complexity index is 621. The summed E-state index contributed by atoms with van der Waals surface area (Å²) in [6.07, 6.45) is 6.42. The molecule has 0 aliphatic rings. The van der Waals surface area contributed by atoms with E-state index in [1.807, 2.05) is 6.08 Å². The van der Waals surface area contributed by atoms with Crippen molar-refractivity contribution in [3.63, 3.8) is 0 Å². The SMILES string of the molecule is C=C/C(C)=C(C)/C(C)=C(\C=C(\C)CC)c1ccccc1CC. The molecule has 0 heteroatoms. The number of aryl methyl sites for hydroxylation is 1. The molecule has 0 amide bonds. The molecular formula is C22H30. The summed E-state index contributed by atoms with van der Waals surface area (Å²) in [4.78, 5) is 0. The highest BCUT2D eigenvalue weighted by atomic mass is 14.1. The predicted octanol–water partition coefficient (Wildman–Crippen LogP) is 6.90. The molecule has 0 aliphatic carbocycles. The van der Waals surface area contributed by atoms with Crippen LogP contribution in [0, 0.1) is 0 Å². The van der Waals surface area contributed by atoms with Gasteiger partial charge in [-0.15, -0.1) is 0 Å². The molecule has 0 saturated carbocycles. The normalized spacial score (nSPS) is 14.4. The Labute approximate surface area is 137 Å². The van der Waals surface area contributed by atoms with Gasteiger partial charge in [-0.25, -0.2) is 0 Å². The van der Waals surface area contributed by atoms with Crippen molar-refractivity contribution < 1.29 is 0 Å². The summed E-state index contributed by atoms with van der Waals surface area (Å²) < 4.78 is 0. The van der Waals surface area contributed by atoms with Crippen LogP contribution in [0.1, 0.15) is 59.1 Å². The molecule has 0 bridgehead atoms. The fourth-order valence-electron chi connectivity index (χ4n) is 2.48. The van der Waals surface area contributed by atoms with Crippen LogP contribution in [0.2, 0.25) is 0 Å². The third-order valence-corrected chi connectivity index (χ3v) is 4.50. The second-order valence-corrected chi connectivity index (χ2v) is 5.91. The summed E-state index contributed by atoms with van der Waals surface area (Å²) in [7, 11) is 0. The van der Waals surface area contributed by atoms with Gasteiger partial charge >= 0.3 is 0 Å². The third kappa shape index (κ3) is 4.34. The van der Waals surface area contributed by atoms with Crippen LogP contribution in [0.4, 0.5) is 0 Å². The second-order valence-electron chi connectivity index (χ2n) is 5.91.